The molecule has 0 aromatic heterocycles. The summed E-state index contributed by atoms with van der Waals surface area (Å²) in [7, 11) is 0. The van der Waals surface area contributed by atoms with Gasteiger partial charge in [0.2, 0.25) is 5.91 Å². The normalized spacial score (nSPS) is 15.2. The summed E-state index contributed by atoms with van der Waals surface area (Å²) in [6.45, 7) is 4.52. The van der Waals surface area contributed by atoms with Gasteiger partial charge in [-0.2, -0.15) is 0 Å². The second kappa shape index (κ2) is 10.4. The summed E-state index contributed by atoms with van der Waals surface area (Å²) in [5.74, 6) is -1.69. The number of para-hydroxylation sites is 1. The summed E-state index contributed by atoms with van der Waals surface area (Å²) in [6, 6.07) is 12.5. The highest BCUT2D eigenvalue weighted by Gasteiger charge is 2.34. The fourth-order valence-corrected chi connectivity index (χ4v) is 3.47. The number of hydrogen-bond acceptors (Lipinski definition) is 6. The van der Waals surface area contributed by atoms with Crippen LogP contribution in [0.2, 0.25) is 0 Å². The van der Waals surface area contributed by atoms with E-state index in [1.807, 2.05) is 6.07 Å². The van der Waals surface area contributed by atoms with Crippen LogP contribution in [0, 0.1) is 6.92 Å². The predicted molar refractivity (Wildman–Crippen MR) is 120 cm³/mol. The number of esters is 2. The minimum Gasteiger partial charge on any atom is -0.463 e. The van der Waals surface area contributed by atoms with Crippen LogP contribution in [0.25, 0.3) is 0 Å². The number of amides is 3. The summed E-state index contributed by atoms with van der Waals surface area (Å²) < 4.78 is 10.6. The van der Waals surface area contributed by atoms with Gasteiger partial charge in [0.05, 0.1) is 35.2 Å². The van der Waals surface area contributed by atoms with E-state index >= 15 is 0 Å². The number of aryl methyl sites for hydroxylation is 1. The average Bonchev–Trinajstić information content (AvgIpc) is 2.78. The van der Waals surface area contributed by atoms with Crippen LogP contribution in [-0.4, -0.2) is 37.1 Å². The van der Waals surface area contributed by atoms with E-state index < -0.39 is 24.0 Å². The first-order valence-electron chi connectivity index (χ1n) is 10.4. The summed E-state index contributed by atoms with van der Waals surface area (Å²) in [6.07, 6.45) is 0. The van der Waals surface area contributed by atoms with Gasteiger partial charge in [-0.05, 0) is 31.0 Å². The van der Waals surface area contributed by atoms with Crippen LogP contribution in [0.15, 0.2) is 59.8 Å². The van der Waals surface area contributed by atoms with E-state index in [4.69, 9.17) is 9.47 Å². The summed E-state index contributed by atoms with van der Waals surface area (Å²) in [4.78, 5) is 49.5. The predicted octanol–water partition coefficient (Wildman–Crippen LogP) is 2.98. The monoisotopic (exact) mass is 451 g/mol. The lowest BCUT2D eigenvalue weighted by molar-refractivity contribution is -0.139. The number of urea groups is 1. The third-order valence-corrected chi connectivity index (χ3v) is 4.92. The number of rotatable bonds is 7. The Morgan fingerprint density at radius 2 is 1.73 bits per heavy atom. The fraction of sp³-hybridized carbons (Fsp3) is 0.250. The maximum absolute atomic E-state index is 12.8. The zero-order valence-electron chi connectivity index (χ0n) is 18.6. The van der Waals surface area contributed by atoms with Gasteiger partial charge in [-0.1, -0.05) is 42.5 Å². The summed E-state index contributed by atoms with van der Waals surface area (Å²) in [5.41, 5.74) is 2.11. The van der Waals surface area contributed by atoms with Crippen molar-refractivity contribution in [1.29, 1.82) is 0 Å². The van der Waals surface area contributed by atoms with E-state index in [0.717, 1.165) is 0 Å². The van der Waals surface area contributed by atoms with Crippen molar-refractivity contribution in [1.82, 2.24) is 10.6 Å². The highest BCUT2D eigenvalue weighted by Crippen LogP contribution is 2.28. The topological polar surface area (TPSA) is 123 Å². The molecule has 3 amide bonds. The minimum absolute atomic E-state index is 0.119. The van der Waals surface area contributed by atoms with Crippen molar-refractivity contribution < 1.29 is 28.7 Å². The molecule has 2 aromatic rings. The molecule has 172 valence electrons. The quantitative estimate of drug-likeness (QED) is 0.556. The Bertz CT molecular complexity index is 1110. The second-order valence-corrected chi connectivity index (χ2v) is 7.31. The van der Waals surface area contributed by atoms with Gasteiger partial charge in [-0.3, -0.25) is 4.79 Å². The molecule has 0 bridgehead atoms. The fourth-order valence-electron chi connectivity index (χ4n) is 3.47. The molecule has 1 atom stereocenters. The Labute approximate surface area is 191 Å². The first-order valence-corrected chi connectivity index (χ1v) is 10.4. The van der Waals surface area contributed by atoms with Crippen LogP contribution in [0.3, 0.4) is 0 Å². The number of ether oxygens (including phenoxy) is 2. The van der Waals surface area contributed by atoms with Crippen molar-refractivity contribution >= 4 is 29.6 Å². The Balaban J connectivity index is 1.93. The van der Waals surface area contributed by atoms with Gasteiger partial charge in [-0.25, -0.2) is 14.4 Å². The molecular weight excluding hydrogens is 426 g/mol. The van der Waals surface area contributed by atoms with E-state index in [2.05, 4.69) is 16.0 Å². The van der Waals surface area contributed by atoms with Crippen LogP contribution in [0.1, 0.15) is 41.4 Å². The first kappa shape index (κ1) is 23.5. The van der Waals surface area contributed by atoms with Crippen molar-refractivity contribution in [2.75, 3.05) is 18.5 Å². The number of benzene rings is 2. The maximum atomic E-state index is 12.8. The number of carbonyl (C=O) groups excluding carboxylic acids is 4. The molecule has 0 aliphatic carbocycles. The number of hydrogen-bond donors (Lipinski definition) is 3. The third-order valence-electron chi connectivity index (χ3n) is 4.92. The molecule has 3 rings (SSSR count). The number of nitrogens with one attached hydrogen (secondary N) is 3. The molecule has 0 spiro atoms. The molecule has 33 heavy (non-hydrogen) atoms. The lowest BCUT2D eigenvalue weighted by Gasteiger charge is -2.29. The van der Waals surface area contributed by atoms with Crippen LogP contribution in [0.5, 0.6) is 0 Å². The van der Waals surface area contributed by atoms with Gasteiger partial charge >= 0.3 is 18.0 Å². The molecule has 0 saturated carbocycles. The van der Waals surface area contributed by atoms with Crippen molar-refractivity contribution in [3.8, 4) is 0 Å². The SMILES string of the molecule is CCOC(=O)C1=C(COC(=O)c2cccc(C)c2NC(C)=O)NC(=O)NC1c1ccccc1. The molecule has 9 heteroatoms. The van der Waals surface area contributed by atoms with Gasteiger partial charge in [0, 0.05) is 6.92 Å². The highest BCUT2D eigenvalue weighted by atomic mass is 16.5. The van der Waals surface area contributed by atoms with Crippen LogP contribution in [0.4, 0.5) is 10.5 Å². The van der Waals surface area contributed by atoms with Crippen LogP contribution in [-0.2, 0) is 19.1 Å². The highest BCUT2D eigenvalue weighted by molar-refractivity contribution is 6.02. The first-order chi connectivity index (χ1) is 15.8. The number of carbonyl (C=O) groups is 4. The molecule has 2 aromatic carbocycles. The largest absolute Gasteiger partial charge is 0.463 e. The molecule has 3 N–H and O–H groups in total. The smallest absolute Gasteiger partial charge is 0.340 e. The maximum Gasteiger partial charge on any atom is 0.340 e. The Morgan fingerprint density at radius 3 is 2.39 bits per heavy atom. The Kier molecular flexibility index (Phi) is 7.45. The Morgan fingerprint density at radius 1 is 1.00 bits per heavy atom. The molecule has 1 aliphatic rings. The van der Waals surface area contributed by atoms with Gasteiger partial charge in [0.25, 0.3) is 0 Å². The van der Waals surface area contributed by atoms with Gasteiger partial charge in [-0.15, -0.1) is 0 Å². The standard InChI is InChI=1S/C24H25N3O6/c1-4-32-23(30)19-18(26-24(31)27-21(19)16-10-6-5-7-11-16)13-33-22(29)17-12-8-9-14(2)20(17)25-15(3)28/h5-12,21H,4,13H2,1-3H3,(H,25,28)(H2,26,27,31). The van der Waals surface area contributed by atoms with E-state index in [1.165, 1.54) is 13.0 Å². The van der Waals surface area contributed by atoms with Crippen LogP contribution >= 0.6 is 0 Å². The van der Waals surface area contributed by atoms with E-state index in [1.54, 1.807) is 50.2 Å². The minimum atomic E-state index is -0.776. The van der Waals surface area contributed by atoms with Crippen molar-refractivity contribution in [3.63, 3.8) is 0 Å². The van der Waals surface area contributed by atoms with Gasteiger partial charge in [0.15, 0.2) is 0 Å². The van der Waals surface area contributed by atoms with E-state index in [-0.39, 0.29) is 36.0 Å². The second-order valence-electron chi connectivity index (χ2n) is 7.31. The van der Waals surface area contributed by atoms with Gasteiger partial charge in [0.1, 0.15) is 6.61 Å². The summed E-state index contributed by atoms with van der Waals surface area (Å²) in [5, 5.41) is 7.90. The number of anilines is 1. The van der Waals surface area contributed by atoms with Crippen molar-refractivity contribution in [2.24, 2.45) is 0 Å². The lowest BCUT2D eigenvalue weighted by Crippen LogP contribution is -2.47. The van der Waals surface area contributed by atoms with Crippen molar-refractivity contribution in [2.45, 2.75) is 26.8 Å². The lowest BCUT2D eigenvalue weighted by atomic mass is 9.95. The molecular formula is C24H25N3O6. The van der Waals surface area contributed by atoms with Crippen LogP contribution < -0.4 is 16.0 Å². The molecule has 1 aliphatic heterocycles. The Hall–Kier alpha value is -4.14. The van der Waals surface area contributed by atoms with Crippen molar-refractivity contribution in [3.05, 3.63) is 76.5 Å². The molecule has 0 fully saturated rings. The third kappa shape index (κ3) is 5.57. The average molecular weight is 451 g/mol. The summed E-state index contributed by atoms with van der Waals surface area (Å²) >= 11 is 0. The van der Waals surface area contributed by atoms with Gasteiger partial charge < -0.3 is 25.4 Å². The molecule has 0 radical (unpaired) electrons. The zero-order chi connectivity index (χ0) is 24.0. The molecule has 0 saturated heterocycles. The molecule has 9 nitrogen and oxygen atoms in total. The zero-order valence-corrected chi connectivity index (χ0v) is 18.6. The molecule has 1 unspecified atom stereocenters. The molecule has 1 heterocycles. The van der Waals surface area contributed by atoms with E-state index in [0.29, 0.717) is 16.8 Å². The van der Waals surface area contributed by atoms with E-state index in [9.17, 15) is 19.2 Å².